The van der Waals surface area contributed by atoms with Gasteiger partial charge in [0.15, 0.2) is 5.78 Å². The van der Waals surface area contributed by atoms with Gasteiger partial charge >= 0.3 is 0 Å². The Labute approximate surface area is 205 Å². The minimum Gasteiger partial charge on any atom is -0.390 e. The molecule has 0 saturated heterocycles. The number of aromatic nitrogens is 2. The van der Waals surface area contributed by atoms with Crippen molar-refractivity contribution in [2.75, 3.05) is 0 Å². The summed E-state index contributed by atoms with van der Waals surface area (Å²) in [7, 11) is 0. The van der Waals surface area contributed by atoms with Gasteiger partial charge in [-0.25, -0.2) is 0 Å². The van der Waals surface area contributed by atoms with Crippen molar-refractivity contribution in [1.82, 2.24) is 9.78 Å². The van der Waals surface area contributed by atoms with E-state index in [-0.39, 0.29) is 11.3 Å². The molecule has 8 atom stereocenters. The van der Waals surface area contributed by atoms with Gasteiger partial charge in [0.05, 0.1) is 23.9 Å². The number of rotatable bonds is 4. The molecule has 0 aromatic carbocycles. The van der Waals surface area contributed by atoms with Gasteiger partial charge in [-0.05, 0) is 106 Å². The molecule has 1 aromatic rings. The van der Waals surface area contributed by atoms with Crippen LogP contribution in [0, 0.1) is 51.8 Å². The highest BCUT2D eigenvalue weighted by Crippen LogP contribution is 2.67. The molecule has 0 amide bonds. The molecule has 5 nitrogen and oxygen atoms in total. The number of Topliss-reactive ketones (excluding diaryl/α,β-unsaturated/α-hetero) is 1. The second kappa shape index (κ2) is 8.77. The number of ketones is 1. The number of carbonyl (C=O) groups excluding carboxylic acids is 1. The summed E-state index contributed by atoms with van der Waals surface area (Å²) in [5, 5.41) is 24.4. The van der Waals surface area contributed by atoms with Gasteiger partial charge in [-0.3, -0.25) is 9.48 Å². The minimum absolute atomic E-state index is 0.0830. The smallest absolute Gasteiger partial charge is 0.157 e. The largest absolute Gasteiger partial charge is 0.390 e. The fourth-order valence-electron chi connectivity index (χ4n) is 9.74. The molecule has 0 spiro atoms. The fraction of sp³-hybridized carbons (Fsp3) is 0.828. The van der Waals surface area contributed by atoms with E-state index in [1.807, 2.05) is 0 Å². The van der Waals surface area contributed by atoms with Crippen LogP contribution in [0.5, 0.6) is 0 Å². The molecular formula is C29H43N3O2. The quantitative estimate of drug-likeness (QED) is 0.600. The van der Waals surface area contributed by atoms with Gasteiger partial charge in [-0.1, -0.05) is 26.7 Å². The molecule has 186 valence electrons. The summed E-state index contributed by atoms with van der Waals surface area (Å²) in [6.07, 6.45) is 17.2. The maximum absolute atomic E-state index is 13.6. The van der Waals surface area contributed by atoms with Crippen LogP contribution in [0.25, 0.3) is 0 Å². The molecule has 5 heteroatoms. The number of carbonyl (C=O) groups is 1. The molecule has 4 aliphatic rings. The van der Waals surface area contributed by atoms with E-state index in [1.54, 1.807) is 17.1 Å². The van der Waals surface area contributed by atoms with Crippen LogP contribution in [0.2, 0.25) is 0 Å². The zero-order chi connectivity index (χ0) is 24.1. The Kier molecular flexibility index (Phi) is 6.20. The number of aliphatic hydroxyl groups is 1. The van der Waals surface area contributed by atoms with Gasteiger partial charge in [0.1, 0.15) is 6.07 Å². The molecule has 1 N–H and O–H groups in total. The van der Waals surface area contributed by atoms with E-state index in [1.165, 1.54) is 38.5 Å². The van der Waals surface area contributed by atoms with E-state index >= 15 is 0 Å². The summed E-state index contributed by atoms with van der Waals surface area (Å²) in [6.45, 7) is 7.20. The Morgan fingerprint density at radius 1 is 1.15 bits per heavy atom. The van der Waals surface area contributed by atoms with Crippen molar-refractivity contribution < 1.29 is 9.90 Å². The van der Waals surface area contributed by atoms with Crippen LogP contribution in [0.4, 0.5) is 0 Å². The first-order chi connectivity index (χ1) is 16.2. The van der Waals surface area contributed by atoms with Crippen molar-refractivity contribution in [3.05, 3.63) is 18.0 Å². The lowest BCUT2D eigenvalue weighted by Crippen LogP contribution is -2.57. The Balaban J connectivity index is 1.39. The van der Waals surface area contributed by atoms with Crippen LogP contribution in [0.3, 0.4) is 0 Å². The lowest BCUT2D eigenvalue weighted by Gasteiger charge is -2.63. The standard InChI is InChI=1S/C29H43N3O2/c1-4-29-13-6-12-27(2,34)15-21(29)9-10-22-23-7-5-8-25(28(23,3)14-11-24(22)29)26(33)19-32-18-20(16-30)17-31-32/h17-18,21-25,34H,4-15,19H2,1-3H3/t21-,22+,23+,24+,25-,27-,28+,29+/m1/s1. The second-order valence-corrected chi connectivity index (χ2v) is 12.8. The summed E-state index contributed by atoms with van der Waals surface area (Å²) in [5.41, 5.74) is 0.479. The fourth-order valence-corrected chi connectivity index (χ4v) is 9.74. The number of nitriles is 1. The van der Waals surface area contributed by atoms with E-state index < -0.39 is 5.60 Å². The van der Waals surface area contributed by atoms with Gasteiger partial charge in [0, 0.05) is 12.1 Å². The van der Waals surface area contributed by atoms with Crippen LogP contribution in [0.1, 0.15) is 103 Å². The molecule has 4 fully saturated rings. The Morgan fingerprint density at radius 2 is 1.97 bits per heavy atom. The number of hydrogen-bond acceptors (Lipinski definition) is 4. The van der Waals surface area contributed by atoms with Crippen molar-refractivity contribution in [1.29, 1.82) is 5.26 Å². The predicted octanol–water partition coefficient (Wildman–Crippen LogP) is 5.90. The van der Waals surface area contributed by atoms with E-state index in [0.717, 1.165) is 50.4 Å². The van der Waals surface area contributed by atoms with Gasteiger partial charge in [-0.2, -0.15) is 10.4 Å². The molecule has 0 radical (unpaired) electrons. The Morgan fingerprint density at radius 3 is 2.71 bits per heavy atom. The summed E-state index contributed by atoms with van der Waals surface area (Å²) in [5.74, 6) is 3.17. The molecule has 4 aliphatic carbocycles. The SMILES string of the molecule is CC[C@]12CCC[C@@](C)(O)C[C@H]1CC[C@H]1[C@@H]3CCC[C@H](C(=O)Cn4cc(C#N)cn4)[C@@]3(C)CC[C@@H]12. The maximum Gasteiger partial charge on any atom is 0.157 e. The summed E-state index contributed by atoms with van der Waals surface area (Å²) >= 11 is 0. The van der Waals surface area contributed by atoms with Crippen molar-refractivity contribution >= 4 is 5.78 Å². The first kappa shape index (κ1) is 24.0. The van der Waals surface area contributed by atoms with Crippen molar-refractivity contribution in [2.45, 2.75) is 110 Å². The lowest BCUT2D eigenvalue weighted by molar-refractivity contribution is -0.157. The van der Waals surface area contributed by atoms with Crippen LogP contribution < -0.4 is 0 Å². The van der Waals surface area contributed by atoms with Crippen molar-refractivity contribution in [3.8, 4) is 6.07 Å². The third kappa shape index (κ3) is 3.85. The molecule has 0 aliphatic heterocycles. The van der Waals surface area contributed by atoms with E-state index in [0.29, 0.717) is 35.1 Å². The average molecular weight is 466 g/mol. The van der Waals surface area contributed by atoms with Crippen molar-refractivity contribution in [3.63, 3.8) is 0 Å². The number of nitrogens with zero attached hydrogens (tertiary/aromatic N) is 3. The molecule has 1 heterocycles. The first-order valence-corrected chi connectivity index (χ1v) is 13.9. The monoisotopic (exact) mass is 465 g/mol. The molecule has 1 aromatic heterocycles. The lowest BCUT2D eigenvalue weighted by atomic mass is 9.41. The minimum atomic E-state index is -0.502. The average Bonchev–Trinajstić information content (AvgIpc) is 3.20. The normalized spacial score (nSPS) is 44.1. The van der Waals surface area contributed by atoms with Gasteiger partial charge in [0.2, 0.25) is 0 Å². The van der Waals surface area contributed by atoms with Crippen molar-refractivity contribution in [2.24, 2.45) is 40.4 Å². The van der Waals surface area contributed by atoms with E-state index in [9.17, 15) is 9.90 Å². The van der Waals surface area contributed by atoms with Gasteiger partial charge in [-0.15, -0.1) is 0 Å². The third-order valence-corrected chi connectivity index (χ3v) is 11.2. The zero-order valence-corrected chi connectivity index (χ0v) is 21.4. The summed E-state index contributed by atoms with van der Waals surface area (Å²) < 4.78 is 1.66. The zero-order valence-electron chi connectivity index (χ0n) is 21.4. The van der Waals surface area contributed by atoms with E-state index in [2.05, 4.69) is 31.9 Å². The first-order valence-electron chi connectivity index (χ1n) is 13.9. The van der Waals surface area contributed by atoms with E-state index in [4.69, 9.17) is 5.26 Å². The molecule has 34 heavy (non-hydrogen) atoms. The molecule has 0 bridgehead atoms. The highest BCUT2D eigenvalue weighted by molar-refractivity contribution is 5.81. The Bertz CT molecular complexity index is 961. The van der Waals surface area contributed by atoms with Crippen LogP contribution in [0.15, 0.2) is 12.4 Å². The molecule has 5 rings (SSSR count). The van der Waals surface area contributed by atoms with Gasteiger partial charge in [0.25, 0.3) is 0 Å². The van der Waals surface area contributed by atoms with Crippen LogP contribution >= 0.6 is 0 Å². The second-order valence-electron chi connectivity index (χ2n) is 12.8. The molecule has 0 unspecified atom stereocenters. The third-order valence-electron chi connectivity index (χ3n) is 11.2. The highest BCUT2D eigenvalue weighted by atomic mass is 16.3. The van der Waals surface area contributed by atoms with Crippen LogP contribution in [-0.2, 0) is 11.3 Å². The summed E-state index contributed by atoms with van der Waals surface area (Å²) in [6, 6.07) is 2.11. The molecular weight excluding hydrogens is 422 g/mol. The topological polar surface area (TPSA) is 78.9 Å². The number of fused-ring (bicyclic) bond motifs is 5. The molecule has 4 saturated carbocycles. The van der Waals surface area contributed by atoms with Gasteiger partial charge < -0.3 is 5.11 Å². The summed E-state index contributed by atoms with van der Waals surface area (Å²) in [4.78, 5) is 13.6. The maximum atomic E-state index is 13.6. The van der Waals surface area contributed by atoms with Crippen LogP contribution in [-0.4, -0.2) is 26.3 Å². The number of hydrogen-bond donors (Lipinski definition) is 1. The highest BCUT2D eigenvalue weighted by Gasteiger charge is 2.60. The predicted molar refractivity (Wildman–Crippen MR) is 132 cm³/mol. The Hall–Kier alpha value is -1.67.